The molecular weight excluding hydrogens is 366 g/mol. The molecular formula is C23H21N3OS. The van der Waals surface area contributed by atoms with Crippen LogP contribution in [0.15, 0.2) is 78.3 Å². The van der Waals surface area contributed by atoms with Gasteiger partial charge in [-0.1, -0.05) is 48.5 Å². The fourth-order valence-electron chi connectivity index (χ4n) is 3.25. The van der Waals surface area contributed by atoms with Crippen LogP contribution in [-0.4, -0.2) is 26.8 Å². The molecule has 140 valence electrons. The van der Waals surface area contributed by atoms with E-state index >= 15 is 0 Å². The monoisotopic (exact) mass is 387 g/mol. The largest absolute Gasteiger partial charge is 0.330 e. The molecule has 2 aromatic heterocycles. The maximum Gasteiger partial charge on any atom is 0.274 e. The zero-order valence-corrected chi connectivity index (χ0v) is 16.5. The predicted octanol–water partition coefficient (Wildman–Crippen LogP) is 4.96. The molecule has 0 bridgehead atoms. The maximum absolute atomic E-state index is 13.4. The van der Waals surface area contributed by atoms with Crippen LogP contribution in [0.1, 0.15) is 27.9 Å². The highest BCUT2D eigenvalue weighted by Gasteiger charge is 2.24. The second-order valence-electron chi connectivity index (χ2n) is 6.80. The summed E-state index contributed by atoms with van der Waals surface area (Å²) in [6.07, 6.45) is 2.40. The average molecular weight is 388 g/mol. The van der Waals surface area contributed by atoms with Gasteiger partial charge in [-0.25, -0.2) is 4.98 Å². The number of carbonyl (C=O) groups excluding carboxylic acids is 1. The van der Waals surface area contributed by atoms with E-state index in [-0.39, 0.29) is 11.9 Å². The number of amides is 1. The molecule has 0 aliphatic rings. The van der Waals surface area contributed by atoms with Gasteiger partial charge in [0, 0.05) is 23.9 Å². The summed E-state index contributed by atoms with van der Waals surface area (Å²) in [4.78, 5) is 25.5. The highest BCUT2D eigenvalue weighted by Crippen LogP contribution is 2.19. The van der Waals surface area contributed by atoms with Gasteiger partial charge in [0.15, 0.2) is 0 Å². The van der Waals surface area contributed by atoms with Crippen LogP contribution in [0.25, 0.3) is 11.0 Å². The van der Waals surface area contributed by atoms with Gasteiger partial charge in [-0.15, -0.1) is 11.3 Å². The third-order valence-corrected chi connectivity index (χ3v) is 5.63. The quantitative estimate of drug-likeness (QED) is 0.469. The van der Waals surface area contributed by atoms with Crippen molar-refractivity contribution in [1.82, 2.24) is 14.9 Å². The zero-order valence-electron chi connectivity index (χ0n) is 15.7. The Balaban J connectivity index is 1.64. The number of thiophene rings is 1. The third-order valence-electron chi connectivity index (χ3n) is 4.73. The summed E-state index contributed by atoms with van der Waals surface area (Å²) in [7, 11) is 0. The van der Waals surface area contributed by atoms with Gasteiger partial charge >= 0.3 is 0 Å². The Bertz CT molecular complexity index is 1060. The fraction of sp³-hybridized carbons (Fsp3) is 0.174. The molecule has 0 aliphatic heterocycles. The molecule has 1 atom stereocenters. The number of nitrogens with zero attached hydrogens (tertiary/aromatic N) is 3. The fourth-order valence-corrected chi connectivity index (χ4v) is 4.07. The molecule has 2 aromatic carbocycles. The first-order valence-corrected chi connectivity index (χ1v) is 10.2. The Hall–Kier alpha value is -3.05. The summed E-state index contributed by atoms with van der Waals surface area (Å²) in [6.45, 7) is 2.63. The van der Waals surface area contributed by atoms with Gasteiger partial charge in [0.1, 0.15) is 5.69 Å². The van der Waals surface area contributed by atoms with Crippen LogP contribution in [0, 0.1) is 0 Å². The topological polar surface area (TPSA) is 46.1 Å². The van der Waals surface area contributed by atoms with Crippen molar-refractivity contribution in [3.63, 3.8) is 0 Å². The van der Waals surface area contributed by atoms with Gasteiger partial charge in [-0.2, -0.15) is 0 Å². The summed E-state index contributed by atoms with van der Waals surface area (Å²) >= 11 is 1.72. The second-order valence-corrected chi connectivity index (χ2v) is 7.83. The maximum atomic E-state index is 13.4. The van der Waals surface area contributed by atoms with E-state index in [1.54, 1.807) is 17.5 Å². The lowest BCUT2D eigenvalue weighted by atomic mass is 10.1. The van der Waals surface area contributed by atoms with E-state index in [0.29, 0.717) is 12.2 Å². The summed E-state index contributed by atoms with van der Waals surface area (Å²) in [5.74, 6) is -0.0915. The number of rotatable bonds is 6. The van der Waals surface area contributed by atoms with Crippen molar-refractivity contribution in [3.8, 4) is 0 Å². The van der Waals surface area contributed by atoms with Gasteiger partial charge < -0.3 is 4.90 Å². The highest BCUT2D eigenvalue weighted by molar-refractivity contribution is 7.09. The van der Waals surface area contributed by atoms with E-state index in [9.17, 15) is 4.79 Å². The first-order chi connectivity index (χ1) is 13.7. The van der Waals surface area contributed by atoms with Crippen LogP contribution in [-0.2, 0) is 13.0 Å². The summed E-state index contributed by atoms with van der Waals surface area (Å²) < 4.78 is 0. The van der Waals surface area contributed by atoms with Crippen LogP contribution in [0.5, 0.6) is 0 Å². The van der Waals surface area contributed by atoms with Crippen LogP contribution in [0.2, 0.25) is 0 Å². The van der Waals surface area contributed by atoms with Crippen molar-refractivity contribution in [3.05, 3.63) is 94.4 Å². The van der Waals surface area contributed by atoms with Crippen LogP contribution >= 0.6 is 11.3 Å². The summed E-state index contributed by atoms with van der Waals surface area (Å²) in [6, 6.07) is 21.9. The van der Waals surface area contributed by atoms with E-state index in [1.807, 2.05) is 65.6 Å². The van der Waals surface area contributed by atoms with E-state index in [4.69, 9.17) is 0 Å². The van der Waals surface area contributed by atoms with E-state index < -0.39 is 0 Å². The predicted molar refractivity (Wildman–Crippen MR) is 113 cm³/mol. The number of para-hydroxylation sites is 2. The number of benzene rings is 2. The SMILES string of the molecule is CC(Cc1cccs1)N(Cc1ccccc1)C(=O)c1cnc2ccccc2n1. The summed E-state index contributed by atoms with van der Waals surface area (Å²) in [5, 5.41) is 2.07. The van der Waals surface area contributed by atoms with Crippen LogP contribution < -0.4 is 0 Å². The molecule has 0 radical (unpaired) electrons. The summed E-state index contributed by atoms with van der Waals surface area (Å²) in [5.41, 5.74) is 3.01. The van der Waals surface area contributed by atoms with Gasteiger partial charge in [-0.05, 0) is 36.1 Å². The van der Waals surface area contributed by atoms with Crippen molar-refractivity contribution in [1.29, 1.82) is 0 Å². The van der Waals surface area contributed by atoms with Crippen LogP contribution in [0.3, 0.4) is 0 Å². The van der Waals surface area contributed by atoms with Gasteiger partial charge in [0.05, 0.1) is 17.2 Å². The number of carbonyl (C=O) groups is 1. The Morgan fingerprint density at radius 1 is 1.00 bits per heavy atom. The van der Waals surface area contributed by atoms with E-state index in [1.165, 1.54) is 4.88 Å². The van der Waals surface area contributed by atoms with Crippen molar-refractivity contribution in [2.75, 3.05) is 0 Å². The lowest BCUT2D eigenvalue weighted by Crippen LogP contribution is -2.39. The Labute approximate surface area is 168 Å². The average Bonchev–Trinajstić information content (AvgIpc) is 3.25. The second kappa shape index (κ2) is 8.31. The highest BCUT2D eigenvalue weighted by atomic mass is 32.1. The van der Waals surface area contributed by atoms with Crippen molar-refractivity contribution in [2.45, 2.75) is 25.9 Å². The van der Waals surface area contributed by atoms with Gasteiger partial charge in [0.2, 0.25) is 0 Å². The standard InChI is InChI=1S/C23H21N3OS/c1-17(14-19-10-7-13-28-19)26(16-18-8-3-2-4-9-18)23(27)22-15-24-20-11-5-6-12-21(20)25-22/h2-13,15,17H,14,16H2,1H3. The zero-order chi connectivity index (χ0) is 19.3. The number of hydrogen-bond donors (Lipinski definition) is 0. The minimum Gasteiger partial charge on any atom is -0.330 e. The molecule has 0 saturated carbocycles. The van der Waals surface area contributed by atoms with E-state index in [0.717, 1.165) is 23.0 Å². The molecule has 5 heteroatoms. The molecule has 0 saturated heterocycles. The Morgan fingerprint density at radius 2 is 1.75 bits per heavy atom. The molecule has 0 spiro atoms. The van der Waals surface area contributed by atoms with Crippen molar-refractivity contribution in [2.24, 2.45) is 0 Å². The van der Waals surface area contributed by atoms with Gasteiger partial charge in [0.25, 0.3) is 5.91 Å². The molecule has 1 amide bonds. The first-order valence-electron chi connectivity index (χ1n) is 9.30. The van der Waals surface area contributed by atoms with Crippen molar-refractivity contribution >= 4 is 28.3 Å². The number of fused-ring (bicyclic) bond motifs is 1. The van der Waals surface area contributed by atoms with Crippen LogP contribution in [0.4, 0.5) is 0 Å². The molecule has 2 heterocycles. The van der Waals surface area contributed by atoms with Gasteiger partial charge in [-0.3, -0.25) is 9.78 Å². The molecule has 0 N–H and O–H groups in total. The van der Waals surface area contributed by atoms with Crippen molar-refractivity contribution < 1.29 is 4.79 Å². The minimum atomic E-state index is -0.0915. The number of aromatic nitrogens is 2. The normalized spacial score (nSPS) is 12.0. The molecule has 4 nitrogen and oxygen atoms in total. The first kappa shape index (κ1) is 18.3. The van der Waals surface area contributed by atoms with E-state index in [2.05, 4.69) is 28.3 Å². The lowest BCUT2D eigenvalue weighted by molar-refractivity contribution is 0.0670. The molecule has 28 heavy (non-hydrogen) atoms. The Kier molecular flexibility index (Phi) is 5.44. The lowest BCUT2D eigenvalue weighted by Gasteiger charge is -2.29. The molecule has 4 rings (SSSR count). The Morgan fingerprint density at radius 3 is 2.50 bits per heavy atom. The number of hydrogen-bond acceptors (Lipinski definition) is 4. The smallest absolute Gasteiger partial charge is 0.274 e. The molecule has 0 fully saturated rings. The molecule has 4 aromatic rings. The third kappa shape index (κ3) is 4.10. The minimum absolute atomic E-state index is 0.0413. The molecule has 0 aliphatic carbocycles. The molecule has 1 unspecified atom stereocenters.